The zero-order valence-electron chi connectivity index (χ0n) is 18.4. The van der Waals surface area contributed by atoms with Crippen LogP contribution in [0.4, 0.5) is 0 Å². The highest BCUT2D eigenvalue weighted by atomic mass is 16.5. The number of nitrogens with two attached hydrogens (primary N) is 2. The van der Waals surface area contributed by atoms with Crippen LogP contribution in [-0.2, 0) is 21.8 Å². The third-order valence-corrected chi connectivity index (χ3v) is 8.36. The van der Waals surface area contributed by atoms with E-state index in [9.17, 15) is 9.59 Å². The van der Waals surface area contributed by atoms with Crippen LogP contribution < -0.4 is 16.8 Å². The molecule has 168 valence electrons. The lowest BCUT2D eigenvalue weighted by Crippen LogP contribution is -2.64. The molecule has 0 radical (unpaired) electrons. The molecule has 1 saturated heterocycles. The zero-order valence-corrected chi connectivity index (χ0v) is 18.4. The van der Waals surface area contributed by atoms with Crippen LogP contribution in [0.15, 0.2) is 48.5 Å². The maximum Gasteiger partial charge on any atom is 0.252 e. The molecular formula is C26H21N5O3. The summed E-state index contributed by atoms with van der Waals surface area (Å²) in [5.74, 6) is -0.666. The molecule has 1 unspecified atom stereocenters. The summed E-state index contributed by atoms with van der Waals surface area (Å²) in [6.45, 7) is 2.31. The summed E-state index contributed by atoms with van der Waals surface area (Å²) in [7, 11) is 0. The number of hydrogen-bond acceptors (Lipinski definition) is 4. The fraction of sp³-hybridized carbons (Fsp3) is 0.231. The Kier molecular flexibility index (Phi) is 2.96. The molecule has 0 aliphatic carbocycles. The fourth-order valence-electron chi connectivity index (χ4n) is 6.82. The van der Waals surface area contributed by atoms with E-state index in [1.54, 1.807) is 0 Å². The molecule has 1 fully saturated rings. The molecule has 3 aliphatic rings. The van der Waals surface area contributed by atoms with Crippen molar-refractivity contribution in [3.05, 3.63) is 59.7 Å². The van der Waals surface area contributed by atoms with Gasteiger partial charge in [0, 0.05) is 34.5 Å². The predicted octanol–water partition coefficient (Wildman–Crippen LogP) is 2.93. The smallest absolute Gasteiger partial charge is 0.252 e. The standard InChI is InChI=1S/C26H21N5O3/c1-25-26(28,24(27)33)10-17(34-25)30-15-8-4-2-6-12(15)19-20-14(11-29-23(20)32)18-13-7-3-5-9-16(13)31(25)22(18)21(19)30/h2-9,17H,10-11,28H2,1H3,(H2,27,33)(H,29,32)/t17?,25-,26-/m0/s1. The molecule has 34 heavy (non-hydrogen) atoms. The molecule has 5 heterocycles. The highest BCUT2D eigenvalue weighted by Gasteiger charge is 2.62. The first-order valence-electron chi connectivity index (χ1n) is 11.4. The molecule has 2 bridgehead atoms. The molecule has 5 aromatic rings. The van der Waals surface area contributed by atoms with Crippen LogP contribution in [0.5, 0.6) is 0 Å². The van der Waals surface area contributed by atoms with E-state index in [1.807, 2.05) is 49.4 Å². The summed E-state index contributed by atoms with van der Waals surface area (Å²) in [4.78, 5) is 26.1. The van der Waals surface area contributed by atoms with E-state index in [-0.39, 0.29) is 12.3 Å². The number of fused-ring (bicyclic) bond motifs is 13. The lowest BCUT2D eigenvalue weighted by Gasteiger charge is -2.38. The second-order valence-electron chi connectivity index (χ2n) is 9.82. The van der Waals surface area contributed by atoms with Crippen molar-refractivity contribution >= 4 is 55.4 Å². The van der Waals surface area contributed by atoms with Gasteiger partial charge in [0.15, 0.2) is 5.72 Å². The van der Waals surface area contributed by atoms with Crippen LogP contribution in [0.1, 0.15) is 35.5 Å². The van der Waals surface area contributed by atoms with E-state index in [2.05, 4.69) is 20.5 Å². The maximum atomic E-state index is 13.2. The number of primary amides is 1. The van der Waals surface area contributed by atoms with Crippen LogP contribution in [-0.4, -0.2) is 26.5 Å². The van der Waals surface area contributed by atoms with Crippen molar-refractivity contribution in [3.8, 4) is 0 Å². The summed E-state index contributed by atoms with van der Waals surface area (Å²) in [5.41, 5.74) is 15.5. The second kappa shape index (κ2) is 5.43. The molecule has 2 amide bonds. The fourth-order valence-corrected chi connectivity index (χ4v) is 6.82. The normalized spacial score (nSPS) is 27.2. The topological polar surface area (TPSA) is 117 Å². The lowest BCUT2D eigenvalue weighted by atomic mass is 9.85. The Balaban J connectivity index is 1.77. The molecule has 2 aromatic heterocycles. The van der Waals surface area contributed by atoms with Gasteiger partial charge in [0.1, 0.15) is 11.8 Å². The first kappa shape index (κ1) is 18.5. The Morgan fingerprint density at radius 2 is 1.74 bits per heavy atom. The minimum atomic E-state index is -1.44. The molecule has 8 heteroatoms. The first-order chi connectivity index (χ1) is 16.4. The molecule has 3 aliphatic heterocycles. The van der Waals surface area contributed by atoms with E-state index in [1.165, 1.54) is 0 Å². The zero-order chi connectivity index (χ0) is 23.1. The van der Waals surface area contributed by atoms with E-state index in [0.717, 1.165) is 54.7 Å². The molecule has 3 atom stereocenters. The number of hydrogen-bond donors (Lipinski definition) is 3. The Morgan fingerprint density at radius 3 is 2.47 bits per heavy atom. The molecular weight excluding hydrogens is 430 g/mol. The number of amides is 2. The molecule has 8 nitrogen and oxygen atoms in total. The molecule has 3 aromatic carbocycles. The number of nitrogens with one attached hydrogen (secondary N) is 1. The summed E-state index contributed by atoms with van der Waals surface area (Å²) < 4.78 is 10.9. The second-order valence-corrected chi connectivity index (χ2v) is 9.82. The number of benzene rings is 3. The number of rotatable bonds is 1. The summed E-state index contributed by atoms with van der Waals surface area (Å²) in [6.07, 6.45) is -0.294. The maximum absolute atomic E-state index is 13.2. The van der Waals surface area contributed by atoms with Crippen LogP contribution in [0.3, 0.4) is 0 Å². The summed E-state index contributed by atoms with van der Waals surface area (Å²) in [6, 6.07) is 16.0. The van der Waals surface area contributed by atoms with E-state index in [0.29, 0.717) is 6.54 Å². The molecule has 8 rings (SSSR count). The van der Waals surface area contributed by atoms with Crippen molar-refractivity contribution < 1.29 is 14.3 Å². The monoisotopic (exact) mass is 451 g/mol. The highest BCUT2D eigenvalue weighted by molar-refractivity contribution is 6.31. The van der Waals surface area contributed by atoms with Crippen LogP contribution in [0.25, 0.3) is 43.6 Å². The predicted molar refractivity (Wildman–Crippen MR) is 128 cm³/mol. The van der Waals surface area contributed by atoms with E-state index in [4.69, 9.17) is 16.2 Å². The van der Waals surface area contributed by atoms with Crippen molar-refractivity contribution in [2.75, 3.05) is 0 Å². The van der Waals surface area contributed by atoms with Crippen molar-refractivity contribution in [3.63, 3.8) is 0 Å². The van der Waals surface area contributed by atoms with Crippen LogP contribution in [0, 0.1) is 0 Å². The lowest BCUT2D eigenvalue weighted by molar-refractivity contribution is -0.145. The van der Waals surface area contributed by atoms with Gasteiger partial charge in [0.2, 0.25) is 5.91 Å². The SMILES string of the molecule is C[C@]12OC(C[C@]1(N)C(N)=O)n1c3ccccc3c3c4c(c5c6ccccc6n2c5c31)CNC4=O. The number of para-hydroxylation sites is 2. The Morgan fingerprint density at radius 1 is 1.06 bits per heavy atom. The van der Waals surface area contributed by atoms with Gasteiger partial charge in [-0.15, -0.1) is 0 Å². The van der Waals surface area contributed by atoms with Crippen LogP contribution in [0.2, 0.25) is 0 Å². The largest absolute Gasteiger partial charge is 0.368 e. The molecule has 5 N–H and O–H groups in total. The van der Waals surface area contributed by atoms with E-state index >= 15 is 0 Å². The van der Waals surface area contributed by atoms with Gasteiger partial charge in [0.05, 0.1) is 27.6 Å². The average molecular weight is 451 g/mol. The van der Waals surface area contributed by atoms with Crippen molar-refractivity contribution in [1.29, 1.82) is 0 Å². The van der Waals surface area contributed by atoms with Crippen LogP contribution >= 0.6 is 0 Å². The highest BCUT2D eigenvalue weighted by Crippen LogP contribution is 2.56. The number of aromatic nitrogens is 2. The summed E-state index contributed by atoms with van der Waals surface area (Å²) in [5, 5.41) is 6.92. The Bertz CT molecular complexity index is 1810. The number of carbonyl (C=O) groups is 2. The Hall–Kier alpha value is -3.88. The van der Waals surface area contributed by atoms with Gasteiger partial charge >= 0.3 is 0 Å². The van der Waals surface area contributed by atoms with Gasteiger partial charge in [0.25, 0.3) is 5.91 Å². The van der Waals surface area contributed by atoms with Gasteiger partial charge in [-0.3, -0.25) is 9.59 Å². The summed E-state index contributed by atoms with van der Waals surface area (Å²) >= 11 is 0. The number of nitrogens with zero attached hydrogens (tertiary/aromatic N) is 2. The Labute approximate surface area is 193 Å². The molecule has 0 saturated carbocycles. The first-order valence-corrected chi connectivity index (χ1v) is 11.4. The minimum absolute atomic E-state index is 0.0662. The molecule has 0 spiro atoms. The minimum Gasteiger partial charge on any atom is -0.368 e. The average Bonchev–Trinajstić information content (AvgIpc) is 3.51. The number of carbonyl (C=O) groups excluding carboxylic acids is 2. The van der Waals surface area contributed by atoms with E-state index < -0.39 is 23.4 Å². The van der Waals surface area contributed by atoms with Gasteiger partial charge in [-0.1, -0.05) is 36.4 Å². The van der Waals surface area contributed by atoms with Gasteiger partial charge in [-0.05, 0) is 24.6 Å². The van der Waals surface area contributed by atoms with Crippen molar-refractivity contribution in [1.82, 2.24) is 14.5 Å². The van der Waals surface area contributed by atoms with Gasteiger partial charge < -0.3 is 30.7 Å². The quantitative estimate of drug-likeness (QED) is 0.363. The number of ether oxygens (including phenoxy) is 1. The van der Waals surface area contributed by atoms with Crippen molar-refractivity contribution in [2.24, 2.45) is 11.5 Å². The third-order valence-electron chi connectivity index (χ3n) is 8.36. The third kappa shape index (κ3) is 1.71. The van der Waals surface area contributed by atoms with Gasteiger partial charge in [-0.2, -0.15) is 0 Å². The van der Waals surface area contributed by atoms with Gasteiger partial charge in [-0.25, -0.2) is 0 Å². The van der Waals surface area contributed by atoms with Crippen molar-refractivity contribution in [2.45, 2.75) is 37.4 Å².